The van der Waals surface area contributed by atoms with Gasteiger partial charge in [-0.2, -0.15) is 0 Å². The van der Waals surface area contributed by atoms with Crippen LogP contribution in [0, 0.1) is 5.92 Å². The number of aliphatic hydroxyl groups is 1. The van der Waals surface area contributed by atoms with Crippen molar-refractivity contribution in [3.05, 3.63) is 0 Å². The van der Waals surface area contributed by atoms with E-state index in [0.29, 0.717) is 25.4 Å². The minimum Gasteiger partial charge on any atom is -0.396 e. The van der Waals surface area contributed by atoms with Gasteiger partial charge in [-0.25, -0.2) is 0 Å². The Morgan fingerprint density at radius 3 is 2.73 bits per heavy atom. The molecule has 2 rings (SSSR count). The maximum absolute atomic E-state index is 11.7. The van der Waals surface area contributed by atoms with Crippen molar-refractivity contribution in [1.82, 2.24) is 9.80 Å². The topological polar surface area (TPSA) is 60.9 Å². The maximum atomic E-state index is 11.7. The molecule has 1 N–H and O–H groups in total. The molecule has 2 aliphatic heterocycles. The van der Waals surface area contributed by atoms with E-state index in [2.05, 4.69) is 0 Å². The number of hydrogen-bond donors (Lipinski definition) is 1. The number of nitrogens with zero attached hydrogens (tertiary/aromatic N) is 2. The van der Waals surface area contributed by atoms with Gasteiger partial charge in [0.05, 0.1) is 6.54 Å². The first-order valence-corrected chi connectivity index (χ1v) is 5.37. The zero-order valence-electron chi connectivity index (χ0n) is 8.69. The summed E-state index contributed by atoms with van der Waals surface area (Å²) >= 11 is 0. The van der Waals surface area contributed by atoms with Gasteiger partial charge in [0.1, 0.15) is 0 Å². The predicted molar refractivity (Wildman–Crippen MR) is 53.0 cm³/mol. The molecule has 2 heterocycles. The van der Waals surface area contributed by atoms with Crippen molar-refractivity contribution in [2.45, 2.75) is 12.8 Å². The molecule has 0 aromatic heterocycles. The molecular weight excluding hydrogens is 196 g/mol. The first kappa shape index (κ1) is 10.6. The van der Waals surface area contributed by atoms with Crippen molar-refractivity contribution in [3.63, 3.8) is 0 Å². The Morgan fingerprint density at radius 1 is 1.47 bits per heavy atom. The minimum atomic E-state index is -0.0890. The second-order valence-corrected chi connectivity index (χ2v) is 4.29. The fourth-order valence-corrected chi connectivity index (χ4v) is 2.11. The van der Waals surface area contributed by atoms with E-state index in [0.717, 1.165) is 19.5 Å². The van der Waals surface area contributed by atoms with Gasteiger partial charge in [-0.3, -0.25) is 19.4 Å². The maximum Gasteiger partial charge on any atom is 0.243 e. The molecule has 0 bridgehead atoms. The Bertz CT molecular complexity index is 274. The van der Waals surface area contributed by atoms with Gasteiger partial charge in [-0.05, 0) is 6.42 Å². The first-order valence-electron chi connectivity index (χ1n) is 5.37. The molecule has 2 aliphatic rings. The third kappa shape index (κ3) is 2.18. The molecule has 0 saturated carbocycles. The fraction of sp³-hybridized carbons (Fsp3) is 0.800. The fourth-order valence-electron chi connectivity index (χ4n) is 2.11. The Hall–Kier alpha value is -0.940. The SMILES string of the molecule is O=C1CCCN1C(=O)CN1CC(CO)C1. The van der Waals surface area contributed by atoms with E-state index in [1.165, 1.54) is 4.90 Å². The number of aliphatic hydroxyl groups excluding tert-OH is 1. The van der Waals surface area contributed by atoms with Gasteiger partial charge in [-0.1, -0.05) is 0 Å². The summed E-state index contributed by atoms with van der Waals surface area (Å²) in [5.41, 5.74) is 0. The van der Waals surface area contributed by atoms with E-state index in [9.17, 15) is 9.59 Å². The molecule has 0 aliphatic carbocycles. The molecule has 2 saturated heterocycles. The Kier molecular flexibility index (Phi) is 3.02. The molecule has 15 heavy (non-hydrogen) atoms. The van der Waals surface area contributed by atoms with Crippen LogP contribution < -0.4 is 0 Å². The van der Waals surface area contributed by atoms with E-state index < -0.39 is 0 Å². The van der Waals surface area contributed by atoms with E-state index in [-0.39, 0.29) is 18.4 Å². The van der Waals surface area contributed by atoms with E-state index in [1.54, 1.807) is 0 Å². The molecule has 0 aromatic rings. The molecule has 2 fully saturated rings. The van der Waals surface area contributed by atoms with Crippen molar-refractivity contribution in [3.8, 4) is 0 Å². The highest BCUT2D eigenvalue weighted by Crippen LogP contribution is 2.16. The molecule has 0 aromatic carbocycles. The average Bonchev–Trinajstić information content (AvgIpc) is 2.56. The van der Waals surface area contributed by atoms with Gasteiger partial charge >= 0.3 is 0 Å². The van der Waals surface area contributed by atoms with E-state index in [1.807, 2.05) is 4.90 Å². The summed E-state index contributed by atoms with van der Waals surface area (Å²) in [7, 11) is 0. The van der Waals surface area contributed by atoms with Crippen LogP contribution in [0.1, 0.15) is 12.8 Å². The van der Waals surface area contributed by atoms with Crippen molar-refractivity contribution in [2.75, 3.05) is 32.8 Å². The Labute approximate surface area is 88.6 Å². The van der Waals surface area contributed by atoms with Gasteiger partial charge in [0.2, 0.25) is 11.8 Å². The molecule has 2 amide bonds. The predicted octanol–water partition coefficient (Wildman–Crippen LogP) is -0.940. The molecule has 84 valence electrons. The number of likely N-dealkylation sites (tertiary alicyclic amines) is 2. The van der Waals surface area contributed by atoms with Gasteiger partial charge in [0.15, 0.2) is 0 Å². The van der Waals surface area contributed by atoms with Gasteiger partial charge in [0, 0.05) is 38.6 Å². The van der Waals surface area contributed by atoms with Crippen LogP contribution in [-0.4, -0.2) is 59.5 Å². The highest BCUT2D eigenvalue weighted by Gasteiger charge is 2.32. The third-order valence-corrected chi connectivity index (χ3v) is 3.02. The summed E-state index contributed by atoms with van der Waals surface area (Å²) in [6, 6.07) is 0. The summed E-state index contributed by atoms with van der Waals surface area (Å²) in [5, 5.41) is 8.82. The summed E-state index contributed by atoms with van der Waals surface area (Å²) in [4.78, 5) is 26.2. The van der Waals surface area contributed by atoms with Crippen LogP contribution in [0.15, 0.2) is 0 Å². The minimum absolute atomic E-state index is 0.0424. The van der Waals surface area contributed by atoms with Crippen LogP contribution in [0.3, 0.4) is 0 Å². The summed E-state index contributed by atoms with van der Waals surface area (Å²) < 4.78 is 0. The Morgan fingerprint density at radius 2 is 2.20 bits per heavy atom. The quantitative estimate of drug-likeness (QED) is 0.656. The van der Waals surface area contributed by atoms with Gasteiger partial charge in [0.25, 0.3) is 0 Å². The van der Waals surface area contributed by atoms with Crippen LogP contribution in [0.2, 0.25) is 0 Å². The second-order valence-electron chi connectivity index (χ2n) is 4.29. The zero-order chi connectivity index (χ0) is 10.8. The monoisotopic (exact) mass is 212 g/mol. The largest absolute Gasteiger partial charge is 0.396 e. The normalized spacial score (nSPS) is 23.3. The summed E-state index contributed by atoms with van der Waals surface area (Å²) in [6.45, 7) is 2.62. The molecule has 0 radical (unpaired) electrons. The number of imide groups is 1. The lowest BCUT2D eigenvalue weighted by Crippen LogP contribution is -2.52. The Balaban J connectivity index is 1.76. The lowest BCUT2D eigenvalue weighted by Gasteiger charge is -2.38. The highest BCUT2D eigenvalue weighted by atomic mass is 16.3. The lowest BCUT2D eigenvalue weighted by atomic mass is 10.0. The van der Waals surface area contributed by atoms with Crippen LogP contribution in [0.4, 0.5) is 0 Å². The molecule has 0 atom stereocenters. The lowest BCUT2D eigenvalue weighted by molar-refractivity contribution is -0.143. The van der Waals surface area contributed by atoms with Crippen LogP contribution >= 0.6 is 0 Å². The second kappa shape index (κ2) is 4.28. The average molecular weight is 212 g/mol. The van der Waals surface area contributed by atoms with E-state index in [4.69, 9.17) is 5.11 Å². The zero-order valence-corrected chi connectivity index (χ0v) is 8.69. The van der Waals surface area contributed by atoms with Crippen molar-refractivity contribution < 1.29 is 14.7 Å². The number of amides is 2. The molecule has 5 nitrogen and oxygen atoms in total. The van der Waals surface area contributed by atoms with E-state index >= 15 is 0 Å². The van der Waals surface area contributed by atoms with Crippen molar-refractivity contribution in [2.24, 2.45) is 5.92 Å². The number of carbonyl (C=O) groups is 2. The molecule has 0 spiro atoms. The highest BCUT2D eigenvalue weighted by molar-refractivity contribution is 5.97. The standard InChI is InChI=1S/C10H16N2O3/c13-7-8-4-11(5-8)6-10(15)12-3-1-2-9(12)14/h8,13H,1-7H2. The number of rotatable bonds is 3. The van der Waals surface area contributed by atoms with Crippen LogP contribution in [0.5, 0.6) is 0 Å². The van der Waals surface area contributed by atoms with Crippen LogP contribution in [-0.2, 0) is 9.59 Å². The first-order chi connectivity index (χ1) is 7.20. The summed E-state index contributed by atoms with van der Waals surface area (Å²) in [5.74, 6) is 0.181. The molecular formula is C10H16N2O3. The molecule has 0 unspecified atom stereocenters. The van der Waals surface area contributed by atoms with Gasteiger partial charge < -0.3 is 5.11 Å². The van der Waals surface area contributed by atoms with Crippen LogP contribution in [0.25, 0.3) is 0 Å². The third-order valence-electron chi connectivity index (χ3n) is 3.02. The van der Waals surface area contributed by atoms with Crippen molar-refractivity contribution >= 4 is 11.8 Å². The summed E-state index contributed by atoms with van der Waals surface area (Å²) in [6.07, 6.45) is 1.30. The number of hydrogen-bond acceptors (Lipinski definition) is 4. The number of carbonyl (C=O) groups excluding carboxylic acids is 2. The molecule has 5 heteroatoms. The smallest absolute Gasteiger partial charge is 0.243 e. The van der Waals surface area contributed by atoms with Crippen molar-refractivity contribution in [1.29, 1.82) is 0 Å². The van der Waals surface area contributed by atoms with Gasteiger partial charge in [-0.15, -0.1) is 0 Å².